The topological polar surface area (TPSA) is 75.8 Å². The van der Waals surface area contributed by atoms with Gasteiger partial charge in [-0.1, -0.05) is 12.1 Å². The molecule has 1 aromatic carbocycles. The van der Waals surface area contributed by atoms with Crippen LogP contribution in [0, 0.1) is 11.3 Å². The van der Waals surface area contributed by atoms with E-state index in [1.54, 1.807) is 25.6 Å². The van der Waals surface area contributed by atoms with E-state index in [0.29, 0.717) is 12.2 Å². The summed E-state index contributed by atoms with van der Waals surface area (Å²) >= 11 is 0. The van der Waals surface area contributed by atoms with Crippen LogP contribution < -0.4 is 5.32 Å². The lowest BCUT2D eigenvalue weighted by molar-refractivity contribution is 0.186. The number of methoxy groups -OCH3 is 1. The molecule has 0 spiro atoms. The molecular formula is C17H17N5O. The number of nitriles is 1. The summed E-state index contributed by atoms with van der Waals surface area (Å²) in [5.74, 6) is 0.734. The van der Waals surface area contributed by atoms with Crippen LogP contribution in [0.2, 0.25) is 0 Å². The third-order valence-corrected chi connectivity index (χ3v) is 3.74. The third-order valence-electron chi connectivity index (χ3n) is 3.74. The highest BCUT2D eigenvalue weighted by atomic mass is 16.5. The zero-order valence-electron chi connectivity index (χ0n) is 13.0. The molecule has 0 fully saturated rings. The van der Waals surface area contributed by atoms with Crippen molar-refractivity contribution in [3.63, 3.8) is 0 Å². The molecule has 0 aliphatic carbocycles. The van der Waals surface area contributed by atoms with Gasteiger partial charge in [0.25, 0.3) is 0 Å². The van der Waals surface area contributed by atoms with E-state index >= 15 is 0 Å². The summed E-state index contributed by atoms with van der Waals surface area (Å²) in [5.41, 5.74) is 3.44. The number of imidazole rings is 1. The SMILES string of the molecule is COCC(Nc1nc2cnccc2n1C)c1cccc(C#N)c1. The molecule has 3 rings (SSSR count). The van der Waals surface area contributed by atoms with Gasteiger partial charge in [0.2, 0.25) is 5.95 Å². The predicted octanol–water partition coefficient (Wildman–Crippen LogP) is 2.64. The molecule has 1 atom stereocenters. The maximum atomic E-state index is 9.08. The summed E-state index contributed by atoms with van der Waals surface area (Å²) in [4.78, 5) is 8.67. The Morgan fingerprint density at radius 2 is 2.26 bits per heavy atom. The monoisotopic (exact) mass is 307 g/mol. The maximum absolute atomic E-state index is 9.08. The van der Waals surface area contributed by atoms with Gasteiger partial charge in [-0.15, -0.1) is 0 Å². The largest absolute Gasteiger partial charge is 0.382 e. The first-order valence-corrected chi connectivity index (χ1v) is 7.25. The molecule has 6 nitrogen and oxygen atoms in total. The first-order chi connectivity index (χ1) is 11.2. The number of hydrogen-bond acceptors (Lipinski definition) is 5. The zero-order valence-corrected chi connectivity index (χ0v) is 13.0. The number of rotatable bonds is 5. The Balaban J connectivity index is 1.95. The summed E-state index contributed by atoms with van der Waals surface area (Å²) in [5, 5.41) is 12.5. The lowest BCUT2D eigenvalue weighted by atomic mass is 10.1. The number of aryl methyl sites for hydroxylation is 1. The standard InChI is InChI=1S/C17H17N5O/c1-22-16-6-7-19-10-14(16)20-17(22)21-15(11-23-2)13-5-3-4-12(8-13)9-18/h3-8,10,15H,11H2,1-2H3,(H,20,21). The number of aromatic nitrogens is 3. The molecule has 0 amide bonds. The number of nitrogens with one attached hydrogen (secondary N) is 1. The van der Waals surface area contributed by atoms with E-state index in [-0.39, 0.29) is 6.04 Å². The van der Waals surface area contributed by atoms with Crippen molar-refractivity contribution in [1.82, 2.24) is 14.5 Å². The minimum Gasteiger partial charge on any atom is -0.382 e. The van der Waals surface area contributed by atoms with Gasteiger partial charge in [0.15, 0.2) is 0 Å². The number of hydrogen-bond donors (Lipinski definition) is 1. The highest BCUT2D eigenvalue weighted by Crippen LogP contribution is 2.23. The Bertz CT molecular complexity index is 865. The van der Waals surface area contributed by atoms with Crippen molar-refractivity contribution >= 4 is 17.0 Å². The second-order valence-corrected chi connectivity index (χ2v) is 5.25. The van der Waals surface area contributed by atoms with Crippen molar-refractivity contribution in [1.29, 1.82) is 5.26 Å². The highest BCUT2D eigenvalue weighted by molar-refractivity contribution is 5.77. The number of benzene rings is 1. The average molecular weight is 307 g/mol. The lowest BCUT2D eigenvalue weighted by Crippen LogP contribution is -2.18. The summed E-state index contributed by atoms with van der Waals surface area (Å²) < 4.78 is 7.30. The second-order valence-electron chi connectivity index (χ2n) is 5.25. The molecule has 0 radical (unpaired) electrons. The van der Waals surface area contributed by atoms with Crippen LogP contribution in [-0.2, 0) is 11.8 Å². The Labute approximate surface area is 134 Å². The van der Waals surface area contributed by atoms with E-state index in [4.69, 9.17) is 10.00 Å². The predicted molar refractivity (Wildman–Crippen MR) is 87.9 cm³/mol. The third kappa shape index (κ3) is 3.00. The van der Waals surface area contributed by atoms with E-state index in [9.17, 15) is 0 Å². The number of anilines is 1. The maximum Gasteiger partial charge on any atom is 0.204 e. The van der Waals surface area contributed by atoms with Crippen LogP contribution in [0.1, 0.15) is 17.2 Å². The molecule has 0 saturated heterocycles. The Morgan fingerprint density at radius 1 is 1.39 bits per heavy atom. The highest BCUT2D eigenvalue weighted by Gasteiger charge is 2.16. The summed E-state index contributed by atoms with van der Waals surface area (Å²) in [6.45, 7) is 0.469. The van der Waals surface area contributed by atoms with Gasteiger partial charge in [0.1, 0.15) is 5.52 Å². The van der Waals surface area contributed by atoms with Crippen LogP contribution in [0.5, 0.6) is 0 Å². The van der Waals surface area contributed by atoms with Gasteiger partial charge < -0.3 is 14.6 Å². The first kappa shape index (κ1) is 15.0. The van der Waals surface area contributed by atoms with Crippen LogP contribution in [0.3, 0.4) is 0 Å². The lowest BCUT2D eigenvalue weighted by Gasteiger charge is -2.19. The van der Waals surface area contributed by atoms with Gasteiger partial charge in [0.05, 0.1) is 36.0 Å². The fourth-order valence-corrected chi connectivity index (χ4v) is 2.55. The van der Waals surface area contributed by atoms with E-state index in [1.165, 1.54) is 0 Å². The van der Waals surface area contributed by atoms with Crippen molar-refractivity contribution in [2.75, 3.05) is 19.0 Å². The normalized spacial score (nSPS) is 12.0. The first-order valence-electron chi connectivity index (χ1n) is 7.25. The second kappa shape index (κ2) is 6.46. The Hall–Kier alpha value is -2.91. The molecule has 116 valence electrons. The summed E-state index contributed by atoms with van der Waals surface area (Å²) in [6.07, 6.45) is 3.49. The average Bonchev–Trinajstić information content (AvgIpc) is 2.91. The molecule has 0 aliphatic rings. The molecule has 0 saturated carbocycles. The van der Waals surface area contributed by atoms with Gasteiger partial charge in [0, 0.05) is 20.4 Å². The van der Waals surface area contributed by atoms with E-state index in [2.05, 4.69) is 21.4 Å². The molecule has 2 aromatic heterocycles. The number of ether oxygens (including phenoxy) is 1. The molecule has 1 unspecified atom stereocenters. The van der Waals surface area contributed by atoms with E-state index in [1.807, 2.05) is 35.9 Å². The molecule has 6 heteroatoms. The van der Waals surface area contributed by atoms with Gasteiger partial charge in [-0.3, -0.25) is 4.98 Å². The van der Waals surface area contributed by atoms with Crippen molar-refractivity contribution in [3.05, 3.63) is 53.9 Å². The van der Waals surface area contributed by atoms with Gasteiger partial charge in [-0.25, -0.2) is 4.98 Å². The zero-order chi connectivity index (χ0) is 16.2. The Morgan fingerprint density at radius 3 is 3.00 bits per heavy atom. The molecule has 0 aliphatic heterocycles. The van der Waals surface area contributed by atoms with Crippen LogP contribution in [0.4, 0.5) is 5.95 Å². The molecule has 0 bridgehead atoms. The molecule has 3 aromatic rings. The van der Waals surface area contributed by atoms with Crippen LogP contribution in [0.25, 0.3) is 11.0 Å². The molecular weight excluding hydrogens is 290 g/mol. The minimum absolute atomic E-state index is 0.100. The van der Waals surface area contributed by atoms with Crippen molar-refractivity contribution < 1.29 is 4.74 Å². The molecule has 23 heavy (non-hydrogen) atoms. The smallest absolute Gasteiger partial charge is 0.204 e. The van der Waals surface area contributed by atoms with Crippen LogP contribution in [-0.4, -0.2) is 28.3 Å². The quantitative estimate of drug-likeness (QED) is 0.784. The number of fused-ring (bicyclic) bond motifs is 1. The number of nitrogens with zero attached hydrogens (tertiary/aromatic N) is 4. The van der Waals surface area contributed by atoms with Gasteiger partial charge in [-0.2, -0.15) is 5.26 Å². The van der Waals surface area contributed by atoms with Crippen molar-refractivity contribution in [2.45, 2.75) is 6.04 Å². The van der Waals surface area contributed by atoms with Gasteiger partial charge in [-0.05, 0) is 23.8 Å². The van der Waals surface area contributed by atoms with Gasteiger partial charge >= 0.3 is 0 Å². The molecule has 2 heterocycles. The van der Waals surface area contributed by atoms with Crippen molar-refractivity contribution in [2.24, 2.45) is 7.05 Å². The fraction of sp³-hybridized carbons (Fsp3) is 0.235. The van der Waals surface area contributed by atoms with Crippen molar-refractivity contribution in [3.8, 4) is 6.07 Å². The fourth-order valence-electron chi connectivity index (χ4n) is 2.55. The van der Waals surface area contributed by atoms with Crippen LogP contribution in [0.15, 0.2) is 42.7 Å². The molecule has 1 N–H and O–H groups in total. The minimum atomic E-state index is -0.100. The van der Waals surface area contributed by atoms with Crippen LogP contribution >= 0.6 is 0 Å². The summed E-state index contributed by atoms with van der Waals surface area (Å²) in [7, 11) is 3.61. The van der Waals surface area contributed by atoms with E-state index < -0.39 is 0 Å². The Kier molecular flexibility index (Phi) is 4.22. The van der Waals surface area contributed by atoms with E-state index in [0.717, 1.165) is 22.5 Å². The summed E-state index contributed by atoms with van der Waals surface area (Å²) in [6, 6.07) is 11.5. The number of pyridine rings is 1.